The van der Waals surface area contributed by atoms with Crippen LogP contribution in [-0.4, -0.2) is 43.1 Å². The Morgan fingerprint density at radius 2 is 2.26 bits per heavy atom. The van der Waals surface area contributed by atoms with E-state index in [1.807, 2.05) is 29.2 Å². The Hall–Kier alpha value is -1.55. The molecule has 2 aliphatic rings. The number of amides is 1. The molecule has 3 rings (SSSR count). The molecule has 1 amide bonds. The average Bonchev–Trinajstić information content (AvgIpc) is 2.46. The van der Waals surface area contributed by atoms with Gasteiger partial charge in [-0.25, -0.2) is 0 Å². The Bertz CT molecular complexity index is 475. The minimum atomic E-state index is -0.0322. The Morgan fingerprint density at radius 1 is 1.42 bits per heavy atom. The van der Waals surface area contributed by atoms with E-state index in [-0.39, 0.29) is 11.8 Å². The number of carbonyl (C=O) groups excluding carboxylic acids is 1. The van der Waals surface area contributed by atoms with Gasteiger partial charge in [0, 0.05) is 31.2 Å². The van der Waals surface area contributed by atoms with Crippen molar-refractivity contribution in [2.75, 3.05) is 26.2 Å². The number of rotatable bonds is 1. The second kappa shape index (κ2) is 5.21. The molecule has 1 aromatic carbocycles. The molecule has 0 aromatic heterocycles. The summed E-state index contributed by atoms with van der Waals surface area (Å²) in [5.74, 6) is 1.09. The van der Waals surface area contributed by atoms with Crippen molar-refractivity contribution >= 4 is 5.91 Å². The minimum absolute atomic E-state index is 0.0322. The van der Waals surface area contributed by atoms with Gasteiger partial charge in [0.05, 0.1) is 12.5 Å². The lowest BCUT2D eigenvalue weighted by atomic mass is 9.91. The van der Waals surface area contributed by atoms with Crippen LogP contribution in [0.5, 0.6) is 5.75 Å². The van der Waals surface area contributed by atoms with Gasteiger partial charge in [-0.15, -0.1) is 0 Å². The van der Waals surface area contributed by atoms with Crippen LogP contribution >= 0.6 is 0 Å². The summed E-state index contributed by atoms with van der Waals surface area (Å²) in [5.41, 5.74) is 1.05. The van der Waals surface area contributed by atoms with E-state index in [0.717, 1.165) is 37.4 Å². The topological polar surface area (TPSA) is 41.6 Å². The van der Waals surface area contributed by atoms with Gasteiger partial charge in [0.25, 0.3) is 0 Å². The second-order valence-electron chi connectivity index (χ2n) is 5.37. The summed E-state index contributed by atoms with van der Waals surface area (Å²) in [6.07, 6.45) is 0.786. The normalized spacial score (nSPS) is 26.5. The van der Waals surface area contributed by atoms with Crippen LogP contribution in [0, 0.1) is 0 Å². The highest BCUT2D eigenvalue weighted by atomic mass is 16.5. The maximum absolute atomic E-state index is 12.7. The maximum atomic E-state index is 12.7. The third-order valence-electron chi connectivity index (χ3n) is 3.94. The standard InChI is InChI=1S/C15H20N2O2/c1-11-10-17(8-7-16-11)15(18)13-6-9-19-14-5-3-2-4-12(13)14/h2-5,11,13,16H,6-10H2,1H3/t11-,13-/m0/s1. The van der Waals surface area contributed by atoms with Crippen LogP contribution in [0.3, 0.4) is 0 Å². The number of piperazine rings is 1. The van der Waals surface area contributed by atoms with E-state index in [2.05, 4.69) is 12.2 Å². The molecule has 1 aromatic rings. The van der Waals surface area contributed by atoms with Gasteiger partial charge in [-0.2, -0.15) is 0 Å². The van der Waals surface area contributed by atoms with Crippen LogP contribution in [0.4, 0.5) is 0 Å². The Balaban J connectivity index is 1.81. The molecule has 4 nitrogen and oxygen atoms in total. The molecule has 0 bridgehead atoms. The smallest absolute Gasteiger partial charge is 0.230 e. The third-order valence-corrected chi connectivity index (χ3v) is 3.94. The fraction of sp³-hybridized carbons (Fsp3) is 0.533. The van der Waals surface area contributed by atoms with Gasteiger partial charge in [-0.05, 0) is 19.4 Å². The quantitative estimate of drug-likeness (QED) is 0.829. The summed E-state index contributed by atoms with van der Waals surface area (Å²) in [4.78, 5) is 14.7. The number of nitrogens with one attached hydrogen (secondary N) is 1. The Labute approximate surface area is 113 Å². The number of benzene rings is 1. The summed E-state index contributed by atoms with van der Waals surface area (Å²) < 4.78 is 5.63. The summed E-state index contributed by atoms with van der Waals surface area (Å²) >= 11 is 0. The van der Waals surface area contributed by atoms with Crippen molar-refractivity contribution in [2.24, 2.45) is 0 Å². The zero-order valence-electron chi connectivity index (χ0n) is 11.3. The van der Waals surface area contributed by atoms with Crippen LogP contribution in [0.15, 0.2) is 24.3 Å². The largest absolute Gasteiger partial charge is 0.493 e. The van der Waals surface area contributed by atoms with Gasteiger partial charge >= 0.3 is 0 Å². The maximum Gasteiger partial charge on any atom is 0.230 e. The predicted molar refractivity (Wildman–Crippen MR) is 73.3 cm³/mol. The summed E-state index contributed by atoms with van der Waals surface area (Å²) in [6, 6.07) is 8.29. The van der Waals surface area contributed by atoms with Gasteiger partial charge < -0.3 is 15.0 Å². The van der Waals surface area contributed by atoms with Gasteiger partial charge in [0.15, 0.2) is 0 Å². The number of fused-ring (bicyclic) bond motifs is 1. The van der Waals surface area contributed by atoms with Crippen molar-refractivity contribution in [3.8, 4) is 5.75 Å². The fourth-order valence-electron chi connectivity index (χ4n) is 2.95. The summed E-state index contributed by atoms with van der Waals surface area (Å²) in [5, 5.41) is 3.37. The predicted octanol–water partition coefficient (Wildman–Crippen LogP) is 1.37. The van der Waals surface area contributed by atoms with Crippen molar-refractivity contribution < 1.29 is 9.53 Å². The molecular formula is C15H20N2O2. The van der Waals surface area contributed by atoms with E-state index in [9.17, 15) is 4.79 Å². The van der Waals surface area contributed by atoms with Gasteiger partial charge in [0.2, 0.25) is 5.91 Å². The molecule has 102 valence electrons. The molecular weight excluding hydrogens is 240 g/mol. The SMILES string of the molecule is C[C@H]1CN(C(=O)[C@H]2CCOc3ccccc32)CCN1. The highest BCUT2D eigenvalue weighted by Gasteiger charge is 2.32. The third kappa shape index (κ3) is 2.45. The first kappa shape index (κ1) is 12.5. The molecule has 0 aliphatic carbocycles. The zero-order valence-corrected chi connectivity index (χ0v) is 11.3. The minimum Gasteiger partial charge on any atom is -0.493 e. The van der Waals surface area contributed by atoms with E-state index in [0.29, 0.717) is 12.6 Å². The first-order chi connectivity index (χ1) is 9.25. The van der Waals surface area contributed by atoms with Crippen molar-refractivity contribution in [1.82, 2.24) is 10.2 Å². The van der Waals surface area contributed by atoms with Crippen molar-refractivity contribution in [3.05, 3.63) is 29.8 Å². The van der Waals surface area contributed by atoms with Crippen LogP contribution < -0.4 is 10.1 Å². The molecule has 1 saturated heterocycles. The number of para-hydroxylation sites is 1. The highest BCUT2D eigenvalue weighted by molar-refractivity contribution is 5.85. The molecule has 0 spiro atoms. The van der Waals surface area contributed by atoms with E-state index in [4.69, 9.17) is 4.74 Å². The van der Waals surface area contributed by atoms with Crippen molar-refractivity contribution in [2.45, 2.75) is 25.3 Å². The fourth-order valence-corrected chi connectivity index (χ4v) is 2.95. The van der Waals surface area contributed by atoms with E-state index < -0.39 is 0 Å². The van der Waals surface area contributed by atoms with Crippen molar-refractivity contribution in [3.63, 3.8) is 0 Å². The van der Waals surface area contributed by atoms with E-state index in [1.165, 1.54) is 0 Å². The molecule has 0 unspecified atom stereocenters. The molecule has 4 heteroatoms. The second-order valence-corrected chi connectivity index (χ2v) is 5.37. The van der Waals surface area contributed by atoms with Crippen LogP contribution in [0.2, 0.25) is 0 Å². The molecule has 1 fully saturated rings. The molecule has 19 heavy (non-hydrogen) atoms. The van der Waals surface area contributed by atoms with E-state index >= 15 is 0 Å². The number of carbonyl (C=O) groups is 1. The monoisotopic (exact) mass is 260 g/mol. The van der Waals surface area contributed by atoms with Crippen LogP contribution in [0.25, 0.3) is 0 Å². The van der Waals surface area contributed by atoms with Gasteiger partial charge in [-0.3, -0.25) is 4.79 Å². The highest BCUT2D eigenvalue weighted by Crippen LogP contribution is 2.34. The summed E-state index contributed by atoms with van der Waals surface area (Å²) in [6.45, 7) is 5.26. The average molecular weight is 260 g/mol. The molecule has 1 N–H and O–H groups in total. The van der Waals surface area contributed by atoms with Gasteiger partial charge in [-0.1, -0.05) is 18.2 Å². The molecule has 2 heterocycles. The molecule has 0 saturated carbocycles. The zero-order chi connectivity index (χ0) is 13.2. The number of hydrogen-bond acceptors (Lipinski definition) is 3. The first-order valence-corrected chi connectivity index (χ1v) is 6.99. The Morgan fingerprint density at radius 3 is 3.11 bits per heavy atom. The first-order valence-electron chi connectivity index (χ1n) is 6.99. The molecule has 2 aliphatic heterocycles. The van der Waals surface area contributed by atoms with E-state index in [1.54, 1.807) is 0 Å². The molecule has 2 atom stereocenters. The van der Waals surface area contributed by atoms with Crippen LogP contribution in [-0.2, 0) is 4.79 Å². The lowest BCUT2D eigenvalue weighted by molar-refractivity contribution is -0.134. The van der Waals surface area contributed by atoms with Crippen LogP contribution in [0.1, 0.15) is 24.8 Å². The van der Waals surface area contributed by atoms with Gasteiger partial charge in [0.1, 0.15) is 5.75 Å². The summed E-state index contributed by atoms with van der Waals surface area (Å²) in [7, 11) is 0. The van der Waals surface area contributed by atoms with Crippen molar-refractivity contribution in [1.29, 1.82) is 0 Å². The lowest BCUT2D eigenvalue weighted by Gasteiger charge is -2.35. The number of ether oxygens (including phenoxy) is 1. The lowest BCUT2D eigenvalue weighted by Crippen LogP contribution is -2.52. The Kier molecular flexibility index (Phi) is 3.42. The number of nitrogens with zero attached hydrogens (tertiary/aromatic N) is 1. The molecule has 0 radical (unpaired) electrons. The number of hydrogen-bond donors (Lipinski definition) is 1.